The van der Waals surface area contributed by atoms with Crippen LogP contribution in [0.1, 0.15) is 63.0 Å². The normalized spacial score (nSPS) is 30.7. The van der Waals surface area contributed by atoms with E-state index in [1.165, 1.54) is 37.7 Å². The van der Waals surface area contributed by atoms with Crippen LogP contribution in [-0.4, -0.2) is 6.04 Å². The summed E-state index contributed by atoms with van der Waals surface area (Å²) in [6.07, 6.45) is 6.92. The topological polar surface area (TPSA) is 12.0 Å². The zero-order chi connectivity index (χ0) is 13.2. The van der Waals surface area contributed by atoms with Crippen LogP contribution in [0.3, 0.4) is 0 Å². The maximum atomic E-state index is 3.83. The Balaban J connectivity index is 1.60. The number of rotatable bonds is 5. The van der Waals surface area contributed by atoms with Crippen LogP contribution in [-0.2, 0) is 6.54 Å². The fourth-order valence-electron chi connectivity index (χ4n) is 3.84. The highest BCUT2D eigenvalue weighted by atomic mass is 14.9. The molecule has 2 aliphatic rings. The van der Waals surface area contributed by atoms with Crippen molar-refractivity contribution < 1.29 is 0 Å². The van der Waals surface area contributed by atoms with Crippen LogP contribution in [0.2, 0.25) is 0 Å². The lowest BCUT2D eigenvalue weighted by atomic mass is 9.93. The molecule has 0 radical (unpaired) electrons. The third kappa shape index (κ3) is 2.86. The first-order valence-electron chi connectivity index (χ1n) is 8.10. The largest absolute Gasteiger partial charge is 0.310 e. The Hall–Kier alpha value is -0.820. The summed E-state index contributed by atoms with van der Waals surface area (Å²) in [5, 5.41) is 3.83. The van der Waals surface area contributed by atoms with Gasteiger partial charge < -0.3 is 5.32 Å². The van der Waals surface area contributed by atoms with Crippen molar-refractivity contribution in [1.29, 1.82) is 0 Å². The lowest BCUT2D eigenvalue weighted by Gasteiger charge is -2.21. The summed E-state index contributed by atoms with van der Waals surface area (Å²) in [5.74, 6) is 2.65. The lowest BCUT2D eigenvalue weighted by Crippen LogP contribution is -2.32. The zero-order valence-electron chi connectivity index (χ0n) is 12.4. The maximum absolute atomic E-state index is 3.83. The van der Waals surface area contributed by atoms with Gasteiger partial charge >= 0.3 is 0 Å². The second-order valence-electron chi connectivity index (χ2n) is 6.57. The quantitative estimate of drug-likeness (QED) is 0.820. The van der Waals surface area contributed by atoms with Gasteiger partial charge in [0.1, 0.15) is 0 Å². The van der Waals surface area contributed by atoms with Crippen molar-refractivity contribution in [3.05, 3.63) is 35.4 Å². The van der Waals surface area contributed by atoms with Gasteiger partial charge in [-0.05, 0) is 54.6 Å². The summed E-state index contributed by atoms with van der Waals surface area (Å²) in [7, 11) is 0. The van der Waals surface area contributed by atoms with E-state index >= 15 is 0 Å². The van der Waals surface area contributed by atoms with Crippen LogP contribution in [0.25, 0.3) is 0 Å². The third-order valence-electron chi connectivity index (χ3n) is 5.38. The maximum Gasteiger partial charge on any atom is 0.0211 e. The molecule has 104 valence electrons. The fraction of sp³-hybridized carbons (Fsp3) is 0.667. The molecular weight excluding hydrogens is 230 g/mol. The van der Waals surface area contributed by atoms with Crippen molar-refractivity contribution in [3.8, 4) is 0 Å². The molecule has 3 atom stereocenters. The van der Waals surface area contributed by atoms with Crippen LogP contribution in [0, 0.1) is 11.8 Å². The van der Waals surface area contributed by atoms with Crippen molar-refractivity contribution in [1.82, 2.24) is 5.32 Å². The van der Waals surface area contributed by atoms with Gasteiger partial charge in [-0.25, -0.2) is 0 Å². The van der Waals surface area contributed by atoms with Crippen LogP contribution < -0.4 is 5.32 Å². The first-order chi connectivity index (χ1) is 9.29. The SMILES string of the molecule is CCC1CCC(NCc2ccccc2C2CC2)C1C. The molecule has 2 saturated carbocycles. The summed E-state index contributed by atoms with van der Waals surface area (Å²) in [5.41, 5.74) is 3.14. The molecule has 3 rings (SSSR count). The van der Waals surface area contributed by atoms with Gasteiger partial charge in [-0.15, -0.1) is 0 Å². The summed E-state index contributed by atoms with van der Waals surface area (Å²) in [6.45, 7) is 5.84. The molecule has 0 spiro atoms. The lowest BCUT2D eigenvalue weighted by molar-refractivity contribution is 0.344. The Bertz CT molecular complexity index is 421. The van der Waals surface area contributed by atoms with E-state index in [4.69, 9.17) is 0 Å². The Labute approximate surface area is 117 Å². The van der Waals surface area contributed by atoms with E-state index in [-0.39, 0.29) is 0 Å². The van der Waals surface area contributed by atoms with E-state index in [0.717, 1.165) is 30.3 Å². The summed E-state index contributed by atoms with van der Waals surface area (Å²) in [4.78, 5) is 0. The molecule has 19 heavy (non-hydrogen) atoms. The number of benzene rings is 1. The first-order valence-corrected chi connectivity index (χ1v) is 8.10. The average Bonchev–Trinajstić information content (AvgIpc) is 3.22. The average molecular weight is 257 g/mol. The molecule has 1 aromatic rings. The van der Waals surface area contributed by atoms with E-state index < -0.39 is 0 Å². The molecule has 3 unspecified atom stereocenters. The fourth-order valence-corrected chi connectivity index (χ4v) is 3.84. The molecular formula is C18H27N. The molecule has 1 nitrogen and oxygen atoms in total. The summed E-state index contributed by atoms with van der Waals surface area (Å²) < 4.78 is 0. The predicted octanol–water partition coefficient (Wildman–Crippen LogP) is 4.48. The highest BCUT2D eigenvalue weighted by Crippen LogP contribution is 2.41. The van der Waals surface area contributed by atoms with Crippen molar-refractivity contribution in [2.24, 2.45) is 11.8 Å². The van der Waals surface area contributed by atoms with Gasteiger partial charge in [0.15, 0.2) is 0 Å². The monoisotopic (exact) mass is 257 g/mol. The Morgan fingerprint density at radius 1 is 1.11 bits per heavy atom. The van der Waals surface area contributed by atoms with Crippen molar-refractivity contribution in [2.45, 2.75) is 64.5 Å². The highest BCUT2D eigenvalue weighted by molar-refractivity contribution is 5.33. The Kier molecular flexibility index (Phi) is 3.93. The first kappa shape index (κ1) is 13.2. The van der Waals surface area contributed by atoms with Crippen molar-refractivity contribution >= 4 is 0 Å². The second kappa shape index (κ2) is 5.66. The third-order valence-corrected chi connectivity index (χ3v) is 5.38. The van der Waals surface area contributed by atoms with E-state index in [1.807, 2.05) is 0 Å². The van der Waals surface area contributed by atoms with Gasteiger partial charge in [-0.1, -0.05) is 44.5 Å². The van der Waals surface area contributed by atoms with Crippen molar-refractivity contribution in [3.63, 3.8) is 0 Å². The van der Waals surface area contributed by atoms with Gasteiger partial charge in [0, 0.05) is 12.6 Å². The van der Waals surface area contributed by atoms with E-state index in [0.29, 0.717) is 0 Å². The molecule has 0 heterocycles. The van der Waals surface area contributed by atoms with Gasteiger partial charge in [-0.3, -0.25) is 0 Å². The smallest absolute Gasteiger partial charge is 0.0211 e. The molecule has 0 aromatic heterocycles. The van der Waals surface area contributed by atoms with E-state index in [1.54, 1.807) is 5.56 Å². The molecule has 2 fully saturated rings. The Morgan fingerprint density at radius 2 is 1.89 bits per heavy atom. The van der Waals surface area contributed by atoms with E-state index in [9.17, 15) is 0 Å². The predicted molar refractivity (Wildman–Crippen MR) is 81.2 cm³/mol. The van der Waals surface area contributed by atoms with Gasteiger partial charge in [-0.2, -0.15) is 0 Å². The molecule has 0 amide bonds. The number of nitrogens with one attached hydrogen (secondary N) is 1. The number of hydrogen-bond donors (Lipinski definition) is 1. The van der Waals surface area contributed by atoms with Crippen LogP contribution in [0.15, 0.2) is 24.3 Å². The molecule has 1 heteroatoms. The molecule has 0 saturated heterocycles. The van der Waals surface area contributed by atoms with Crippen molar-refractivity contribution in [2.75, 3.05) is 0 Å². The van der Waals surface area contributed by atoms with Gasteiger partial charge in [0.25, 0.3) is 0 Å². The molecule has 2 aliphatic carbocycles. The minimum Gasteiger partial charge on any atom is -0.310 e. The summed E-state index contributed by atoms with van der Waals surface area (Å²) >= 11 is 0. The standard InChI is InChI=1S/C18H27N/c1-3-14-10-11-18(13(14)2)19-12-16-6-4-5-7-17(16)15-8-9-15/h4-7,13-15,18-19H,3,8-12H2,1-2H3. The molecule has 1 aromatic carbocycles. The van der Waals surface area contributed by atoms with Crippen LogP contribution in [0.4, 0.5) is 0 Å². The minimum absolute atomic E-state index is 0.734. The molecule has 0 aliphatic heterocycles. The molecule has 1 N–H and O–H groups in total. The van der Waals surface area contributed by atoms with Gasteiger partial charge in [0.05, 0.1) is 0 Å². The molecule has 0 bridgehead atoms. The zero-order valence-corrected chi connectivity index (χ0v) is 12.4. The number of hydrogen-bond acceptors (Lipinski definition) is 1. The van der Waals surface area contributed by atoms with E-state index in [2.05, 4.69) is 43.4 Å². The van der Waals surface area contributed by atoms with Crippen LogP contribution >= 0.6 is 0 Å². The highest BCUT2D eigenvalue weighted by Gasteiger charge is 2.31. The Morgan fingerprint density at radius 3 is 2.58 bits per heavy atom. The van der Waals surface area contributed by atoms with Crippen LogP contribution in [0.5, 0.6) is 0 Å². The summed E-state index contributed by atoms with van der Waals surface area (Å²) in [6, 6.07) is 9.77. The van der Waals surface area contributed by atoms with Gasteiger partial charge in [0.2, 0.25) is 0 Å². The minimum atomic E-state index is 0.734. The second-order valence-corrected chi connectivity index (χ2v) is 6.57.